The highest BCUT2D eigenvalue weighted by Gasteiger charge is 2.07. The molecule has 1 amide bonds. The number of aromatic nitrogens is 1. The standard InChI is InChI=1S/C14H13N3O3/c1-10-6-12(17-20-10)8-16-14(18)9-19-13-5-3-2-4-11(13)7-15/h2-6H,8-9H2,1H3,(H,16,18). The summed E-state index contributed by atoms with van der Waals surface area (Å²) >= 11 is 0. The van der Waals surface area contributed by atoms with Crippen molar-refractivity contribution in [2.24, 2.45) is 0 Å². The van der Waals surface area contributed by atoms with E-state index in [1.165, 1.54) is 0 Å². The Morgan fingerprint density at radius 1 is 1.50 bits per heavy atom. The lowest BCUT2D eigenvalue weighted by atomic mass is 10.2. The molecule has 0 radical (unpaired) electrons. The minimum atomic E-state index is -0.293. The van der Waals surface area contributed by atoms with Crippen molar-refractivity contribution in [1.82, 2.24) is 10.5 Å². The zero-order chi connectivity index (χ0) is 14.4. The lowest BCUT2D eigenvalue weighted by Gasteiger charge is -2.07. The molecular formula is C14H13N3O3. The molecule has 1 N–H and O–H groups in total. The van der Waals surface area contributed by atoms with Crippen LogP contribution < -0.4 is 10.1 Å². The molecule has 0 atom stereocenters. The Bertz CT molecular complexity index is 643. The Balaban J connectivity index is 1.82. The van der Waals surface area contributed by atoms with E-state index in [-0.39, 0.29) is 19.1 Å². The van der Waals surface area contributed by atoms with E-state index in [0.29, 0.717) is 22.8 Å². The Morgan fingerprint density at radius 2 is 2.30 bits per heavy atom. The fraction of sp³-hybridized carbons (Fsp3) is 0.214. The van der Waals surface area contributed by atoms with Gasteiger partial charge in [0.1, 0.15) is 23.3 Å². The molecule has 6 heteroatoms. The number of hydrogen-bond acceptors (Lipinski definition) is 5. The number of hydrogen-bond donors (Lipinski definition) is 1. The largest absolute Gasteiger partial charge is 0.482 e. The summed E-state index contributed by atoms with van der Waals surface area (Å²) in [5.74, 6) is 0.786. The van der Waals surface area contributed by atoms with Gasteiger partial charge in [0.05, 0.1) is 12.1 Å². The number of carbonyl (C=O) groups excluding carboxylic acids is 1. The quantitative estimate of drug-likeness (QED) is 0.891. The molecule has 2 aromatic rings. The predicted octanol–water partition coefficient (Wildman–Crippen LogP) is 1.55. The summed E-state index contributed by atoms with van der Waals surface area (Å²) in [5.41, 5.74) is 1.04. The van der Waals surface area contributed by atoms with Gasteiger partial charge in [-0.25, -0.2) is 0 Å². The third-order valence-corrected chi connectivity index (χ3v) is 2.51. The van der Waals surface area contributed by atoms with Crippen LogP contribution in [-0.4, -0.2) is 17.7 Å². The van der Waals surface area contributed by atoms with Gasteiger partial charge in [0, 0.05) is 6.07 Å². The Kier molecular flexibility index (Phi) is 4.35. The first-order chi connectivity index (χ1) is 9.69. The van der Waals surface area contributed by atoms with Gasteiger partial charge in [0.15, 0.2) is 6.61 Å². The van der Waals surface area contributed by atoms with Gasteiger partial charge in [-0.1, -0.05) is 17.3 Å². The summed E-state index contributed by atoms with van der Waals surface area (Å²) < 4.78 is 10.2. The van der Waals surface area contributed by atoms with E-state index in [1.807, 2.05) is 6.07 Å². The molecule has 0 aliphatic heterocycles. The normalized spacial score (nSPS) is 9.80. The minimum Gasteiger partial charge on any atom is -0.482 e. The summed E-state index contributed by atoms with van der Waals surface area (Å²) in [6, 6.07) is 10.5. The maximum Gasteiger partial charge on any atom is 0.258 e. The van der Waals surface area contributed by atoms with E-state index in [2.05, 4.69) is 10.5 Å². The molecule has 0 spiro atoms. The molecule has 1 heterocycles. The molecule has 0 saturated heterocycles. The summed E-state index contributed by atoms with van der Waals surface area (Å²) in [4.78, 5) is 11.6. The molecule has 0 bridgehead atoms. The topological polar surface area (TPSA) is 88.1 Å². The van der Waals surface area contributed by atoms with Gasteiger partial charge < -0.3 is 14.6 Å². The number of nitrogens with zero attached hydrogens (tertiary/aromatic N) is 2. The third kappa shape index (κ3) is 3.59. The molecule has 0 aliphatic carbocycles. The molecule has 0 unspecified atom stereocenters. The fourth-order valence-corrected chi connectivity index (χ4v) is 1.57. The summed E-state index contributed by atoms with van der Waals surface area (Å²) in [5, 5.41) is 15.3. The van der Waals surface area contributed by atoms with Gasteiger partial charge in [-0.05, 0) is 19.1 Å². The van der Waals surface area contributed by atoms with E-state index in [9.17, 15) is 4.79 Å². The van der Waals surface area contributed by atoms with Crippen LogP contribution in [0.25, 0.3) is 0 Å². The van der Waals surface area contributed by atoms with Crippen molar-refractivity contribution < 1.29 is 14.1 Å². The first-order valence-electron chi connectivity index (χ1n) is 6.00. The maximum absolute atomic E-state index is 11.6. The van der Waals surface area contributed by atoms with Crippen molar-refractivity contribution >= 4 is 5.91 Å². The van der Waals surface area contributed by atoms with Crippen molar-refractivity contribution in [3.8, 4) is 11.8 Å². The Hall–Kier alpha value is -2.81. The summed E-state index contributed by atoms with van der Waals surface area (Å²) in [7, 11) is 0. The molecule has 6 nitrogen and oxygen atoms in total. The Morgan fingerprint density at radius 3 is 3.00 bits per heavy atom. The van der Waals surface area contributed by atoms with Gasteiger partial charge in [0.2, 0.25) is 0 Å². The highest BCUT2D eigenvalue weighted by atomic mass is 16.5. The maximum atomic E-state index is 11.6. The second-order valence-corrected chi connectivity index (χ2v) is 4.10. The van der Waals surface area contributed by atoms with Gasteiger partial charge >= 0.3 is 0 Å². The van der Waals surface area contributed by atoms with Crippen molar-refractivity contribution in [3.63, 3.8) is 0 Å². The molecule has 0 saturated carbocycles. The number of carbonyl (C=O) groups is 1. The lowest BCUT2D eigenvalue weighted by molar-refractivity contribution is -0.123. The highest BCUT2D eigenvalue weighted by molar-refractivity contribution is 5.77. The zero-order valence-electron chi connectivity index (χ0n) is 10.9. The summed E-state index contributed by atoms with van der Waals surface area (Å²) in [6.07, 6.45) is 0. The van der Waals surface area contributed by atoms with E-state index in [0.717, 1.165) is 0 Å². The van der Waals surface area contributed by atoms with Crippen LogP contribution in [0.1, 0.15) is 17.0 Å². The molecule has 102 valence electrons. The molecule has 2 rings (SSSR count). The molecule has 1 aromatic carbocycles. The smallest absolute Gasteiger partial charge is 0.258 e. The van der Waals surface area contributed by atoms with Crippen LogP contribution in [0, 0.1) is 18.3 Å². The second-order valence-electron chi connectivity index (χ2n) is 4.10. The first kappa shape index (κ1) is 13.6. The molecule has 1 aromatic heterocycles. The van der Waals surface area contributed by atoms with Gasteiger partial charge in [-0.15, -0.1) is 0 Å². The molecule has 20 heavy (non-hydrogen) atoms. The number of ether oxygens (including phenoxy) is 1. The van der Waals surface area contributed by atoms with Crippen LogP contribution in [0.2, 0.25) is 0 Å². The van der Waals surface area contributed by atoms with Crippen molar-refractivity contribution in [1.29, 1.82) is 5.26 Å². The van der Waals surface area contributed by atoms with Crippen LogP contribution >= 0.6 is 0 Å². The predicted molar refractivity (Wildman–Crippen MR) is 69.7 cm³/mol. The van der Waals surface area contributed by atoms with Gasteiger partial charge in [-0.2, -0.15) is 5.26 Å². The fourth-order valence-electron chi connectivity index (χ4n) is 1.57. The third-order valence-electron chi connectivity index (χ3n) is 2.51. The molecule has 0 fully saturated rings. The molecular weight excluding hydrogens is 258 g/mol. The monoisotopic (exact) mass is 271 g/mol. The number of benzene rings is 1. The number of rotatable bonds is 5. The number of nitriles is 1. The van der Waals surface area contributed by atoms with E-state index < -0.39 is 0 Å². The Labute approximate surface area is 115 Å². The number of aryl methyl sites for hydroxylation is 1. The van der Waals surface area contributed by atoms with Crippen LogP contribution in [-0.2, 0) is 11.3 Å². The average molecular weight is 271 g/mol. The van der Waals surface area contributed by atoms with Crippen LogP contribution in [0.5, 0.6) is 5.75 Å². The average Bonchev–Trinajstić information content (AvgIpc) is 2.89. The minimum absolute atomic E-state index is 0.157. The molecule has 0 aliphatic rings. The zero-order valence-corrected chi connectivity index (χ0v) is 10.9. The van der Waals surface area contributed by atoms with Crippen LogP contribution in [0.3, 0.4) is 0 Å². The van der Waals surface area contributed by atoms with Crippen molar-refractivity contribution in [2.75, 3.05) is 6.61 Å². The van der Waals surface area contributed by atoms with Crippen molar-refractivity contribution in [3.05, 3.63) is 47.3 Å². The second kappa shape index (κ2) is 6.38. The van der Waals surface area contributed by atoms with Gasteiger partial charge in [0.25, 0.3) is 5.91 Å². The number of nitrogens with one attached hydrogen (secondary N) is 1. The highest BCUT2D eigenvalue weighted by Crippen LogP contribution is 2.16. The van der Waals surface area contributed by atoms with Crippen molar-refractivity contribution in [2.45, 2.75) is 13.5 Å². The SMILES string of the molecule is Cc1cc(CNC(=O)COc2ccccc2C#N)no1. The van der Waals surface area contributed by atoms with E-state index in [4.69, 9.17) is 14.5 Å². The van der Waals surface area contributed by atoms with Crippen LogP contribution in [0.15, 0.2) is 34.9 Å². The summed E-state index contributed by atoms with van der Waals surface area (Å²) in [6.45, 7) is 1.90. The van der Waals surface area contributed by atoms with E-state index >= 15 is 0 Å². The first-order valence-corrected chi connectivity index (χ1v) is 6.00. The lowest BCUT2D eigenvalue weighted by Crippen LogP contribution is -2.28. The van der Waals surface area contributed by atoms with Gasteiger partial charge in [-0.3, -0.25) is 4.79 Å². The van der Waals surface area contributed by atoms with Crippen LogP contribution in [0.4, 0.5) is 0 Å². The number of amides is 1. The number of para-hydroxylation sites is 1. The van der Waals surface area contributed by atoms with E-state index in [1.54, 1.807) is 37.3 Å².